The summed E-state index contributed by atoms with van der Waals surface area (Å²) in [6.45, 7) is 5.52. The average Bonchev–Trinajstić information content (AvgIpc) is 3.17. The van der Waals surface area contributed by atoms with E-state index in [4.69, 9.17) is 4.74 Å². The molecule has 1 aliphatic rings. The van der Waals surface area contributed by atoms with Crippen molar-refractivity contribution in [3.05, 3.63) is 59.7 Å². The van der Waals surface area contributed by atoms with Gasteiger partial charge in [-0.25, -0.2) is 4.79 Å². The van der Waals surface area contributed by atoms with E-state index in [0.717, 1.165) is 35.1 Å². The maximum Gasteiger partial charge on any atom is 0.407 e. The van der Waals surface area contributed by atoms with E-state index in [9.17, 15) is 19.5 Å². The summed E-state index contributed by atoms with van der Waals surface area (Å²) < 4.78 is 5.58. The van der Waals surface area contributed by atoms with E-state index < -0.39 is 29.4 Å². The topological polar surface area (TPSA) is 105 Å². The van der Waals surface area contributed by atoms with Gasteiger partial charge >= 0.3 is 12.1 Å². The first kappa shape index (κ1) is 25.3. The predicted octanol–water partition coefficient (Wildman–Crippen LogP) is 4.70. The Kier molecular flexibility index (Phi) is 8.31. The van der Waals surface area contributed by atoms with Crippen LogP contribution in [0.1, 0.15) is 63.5 Å². The highest BCUT2D eigenvalue weighted by atomic mass is 16.5. The fourth-order valence-electron chi connectivity index (χ4n) is 4.22. The lowest BCUT2D eigenvalue weighted by Gasteiger charge is -2.25. The zero-order chi connectivity index (χ0) is 24.7. The molecular formula is C27H34N2O5. The minimum absolute atomic E-state index is 0.00728. The van der Waals surface area contributed by atoms with Crippen molar-refractivity contribution in [3.63, 3.8) is 0 Å². The van der Waals surface area contributed by atoms with Crippen LogP contribution in [0.5, 0.6) is 0 Å². The number of carboxylic acid groups (broad SMARTS) is 1. The molecule has 2 aromatic carbocycles. The van der Waals surface area contributed by atoms with Gasteiger partial charge in [0.2, 0.25) is 5.91 Å². The van der Waals surface area contributed by atoms with Gasteiger partial charge in [-0.05, 0) is 42.0 Å². The second kappa shape index (κ2) is 11.2. The summed E-state index contributed by atoms with van der Waals surface area (Å²) in [6, 6.07) is 15.4. The van der Waals surface area contributed by atoms with Crippen molar-refractivity contribution >= 4 is 18.0 Å². The van der Waals surface area contributed by atoms with Gasteiger partial charge in [0.1, 0.15) is 12.6 Å². The summed E-state index contributed by atoms with van der Waals surface area (Å²) in [4.78, 5) is 37.0. The van der Waals surface area contributed by atoms with Crippen LogP contribution < -0.4 is 10.6 Å². The largest absolute Gasteiger partial charge is 0.481 e. The molecule has 2 aromatic rings. The smallest absolute Gasteiger partial charge is 0.407 e. The molecule has 0 aromatic heterocycles. The monoisotopic (exact) mass is 466 g/mol. The van der Waals surface area contributed by atoms with Crippen LogP contribution in [-0.4, -0.2) is 42.3 Å². The molecule has 0 saturated carbocycles. The highest BCUT2D eigenvalue weighted by Gasteiger charge is 2.33. The summed E-state index contributed by atoms with van der Waals surface area (Å²) in [5, 5.41) is 14.8. The van der Waals surface area contributed by atoms with Crippen LogP contribution in [0.4, 0.5) is 4.79 Å². The molecule has 0 spiro atoms. The van der Waals surface area contributed by atoms with E-state index >= 15 is 0 Å². The van der Waals surface area contributed by atoms with E-state index in [0.29, 0.717) is 12.8 Å². The Labute approximate surface area is 200 Å². The Balaban J connectivity index is 1.63. The van der Waals surface area contributed by atoms with Crippen LogP contribution in [0, 0.1) is 5.41 Å². The number of rotatable bonds is 11. The van der Waals surface area contributed by atoms with E-state index in [2.05, 4.69) is 22.8 Å². The molecule has 2 atom stereocenters. The Morgan fingerprint density at radius 2 is 1.62 bits per heavy atom. The number of unbranched alkanes of at least 4 members (excludes halogenated alkanes) is 1. The fraction of sp³-hybridized carbons (Fsp3) is 0.444. The van der Waals surface area contributed by atoms with Gasteiger partial charge in [0.05, 0.1) is 5.41 Å². The van der Waals surface area contributed by atoms with Crippen molar-refractivity contribution in [2.24, 2.45) is 5.41 Å². The van der Waals surface area contributed by atoms with Crippen molar-refractivity contribution in [2.45, 2.75) is 58.4 Å². The number of ether oxygens (including phenoxy) is 1. The number of carboxylic acids is 1. The molecule has 182 valence electrons. The number of carbonyl (C=O) groups is 3. The summed E-state index contributed by atoms with van der Waals surface area (Å²) in [5.41, 5.74) is 3.46. The third-order valence-corrected chi connectivity index (χ3v) is 6.75. The lowest BCUT2D eigenvalue weighted by Crippen LogP contribution is -2.50. The molecule has 7 nitrogen and oxygen atoms in total. The third kappa shape index (κ3) is 5.58. The summed E-state index contributed by atoms with van der Waals surface area (Å²) in [5.74, 6) is -1.44. The lowest BCUT2D eigenvalue weighted by molar-refractivity contribution is -0.148. The molecule has 0 bridgehead atoms. The van der Waals surface area contributed by atoms with E-state index in [-0.39, 0.29) is 19.1 Å². The van der Waals surface area contributed by atoms with Gasteiger partial charge in [-0.3, -0.25) is 9.59 Å². The van der Waals surface area contributed by atoms with Crippen molar-refractivity contribution in [1.82, 2.24) is 10.6 Å². The average molecular weight is 467 g/mol. The maximum atomic E-state index is 12.8. The molecule has 7 heteroatoms. The lowest BCUT2D eigenvalue weighted by atomic mass is 9.87. The van der Waals surface area contributed by atoms with Crippen molar-refractivity contribution in [1.29, 1.82) is 0 Å². The van der Waals surface area contributed by atoms with Crippen molar-refractivity contribution in [3.8, 4) is 11.1 Å². The van der Waals surface area contributed by atoms with E-state index in [1.54, 1.807) is 13.8 Å². The quantitative estimate of drug-likeness (QED) is 0.445. The predicted molar refractivity (Wildman–Crippen MR) is 131 cm³/mol. The number of benzene rings is 2. The molecule has 2 unspecified atom stereocenters. The molecule has 0 saturated heterocycles. The Morgan fingerprint density at radius 3 is 2.15 bits per heavy atom. The van der Waals surface area contributed by atoms with Crippen LogP contribution in [0.25, 0.3) is 11.1 Å². The van der Waals surface area contributed by atoms with Crippen molar-refractivity contribution < 1.29 is 24.2 Å². The Morgan fingerprint density at radius 1 is 1.03 bits per heavy atom. The van der Waals surface area contributed by atoms with E-state index in [1.165, 1.54) is 0 Å². The highest BCUT2D eigenvalue weighted by Crippen LogP contribution is 2.44. The van der Waals surface area contributed by atoms with Crippen LogP contribution >= 0.6 is 0 Å². The number of fused-ring (bicyclic) bond motifs is 3. The van der Waals surface area contributed by atoms with Gasteiger partial charge in [0.15, 0.2) is 0 Å². The summed E-state index contributed by atoms with van der Waals surface area (Å²) in [6.07, 6.45) is 1.77. The summed E-state index contributed by atoms with van der Waals surface area (Å²) in [7, 11) is 0. The Bertz CT molecular complexity index is 992. The second-order valence-corrected chi connectivity index (χ2v) is 9.10. The van der Waals surface area contributed by atoms with Crippen LogP contribution in [0.3, 0.4) is 0 Å². The van der Waals surface area contributed by atoms with E-state index in [1.807, 2.05) is 43.3 Å². The number of nitrogens with one attached hydrogen (secondary N) is 2. The van der Waals surface area contributed by atoms with Crippen LogP contribution in [0.2, 0.25) is 0 Å². The van der Waals surface area contributed by atoms with Gasteiger partial charge in [-0.2, -0.15) is 0 Å². The van der Waals surface area contributed by atoms with Gasteiger partial charge in [0.25, 0.3) is 0 Å². The first-order valence-corrected chi connectivity index (χ1v) is 11.9. The van der Waals surface area contributed by atoms with Crippen LogP contribution in [-0.2, 0) is 14.3 Å². The minimum atomic E-state index is -1.06. The molecule has 3 rings (SSSR count). The SMILES string of the molecule is CCCCC(NC(=O)OCC1c2ccccc2-c2ccccc21)C(=O)NCC(C)(CC)C(=O)O. The number of hydrogen-bond acceptors (Lipinski definition) is 4. The molecule has 2 amide bonds. The number of carbonyl (C=O) groups excluding carboxylic acids is 2. The fourth-order valence-corrected chi connectivity index (χ4v) is 4.22. The molecule has 0 fully saturated rings. The molecule has 0 radical (unpaired) electrons. The number of hydrogen-bond donors (Lipinski definition) is 3. The van der Waals surface area contributed by atoms with Gasteiger partial charge in [0, 0.05) is 12.5 Å². The first-order chi connectivity index (χ1) is 16.3. The zero-order valence-electron chi connectivity index (χ0n) is 20.1. The molecule has 34 heavy (non-hydrogen) atoms. The molecular weight excluding hydrogens is 432 g/mol. The van der Waals surface area contributed by atoms with Gasteiger partial charge < -0.3 is 20.5 Å². The van der Waals surface area contributed by atoms with Crippen molar-refractivity contribution in [2.75, 3.05) is 13.2 Å². The Hall–Kier alpha value is -3.35. The first-order valence-electron chi connectivity index (χ1n) is 11.9. The third-order valence-electron chi connectivity index (χ3n) is 6.75. The summed E-state index contributed by atoms with van der Waals surface area (Å²) >= 11 is 0. The zero-order valence-corrected chi connectivity index (χ0v) is 20.1. The number of alkyl carbamates (subject to hydrolysis) is 1. The highest BCUT2D eigenvalue weighted by molar-refractivity contribution is 5.86. The molecule has 0 heterocycles. The standard InChI is InChI=1S/C27H34N2O5/c1-4-6-15-23(24(30)28-17-27(3,5-2)25(31)32)29-26(33)34-16-22-20-13-9-7-11-18(20)19-12-8-10-14-21(19)22/h7-14,22-23H,4-6,15-17H2,1-3H3,(H,28,30)(H,29,33)(H,31,32). The molecule has 0 aliphatic heterocycles. The molecule has 3 N–H and O–H groups in total. The molecule has 1 aliphatic carbocycles. The number of aliphatic carboxylic acids is 1. The van der Waals surface area contributed by atoms with Gasteiger partial charge in [-0.15, -0.1) is 0 Å². The maximum absolute atomic E-state index is 12.8. The normalized spacial score (nSPS) is 14.9. The van der Waals surface area contributed by atoms with Crippen LogP contribution in [0.15, 0.2) is 48.5 Å². The minimum Gasteiger partial charge on any atom is -0.481 e. The number of amides is 2. The second-order valence-electron chi connectivity index (χ2n) is 9.10. The van der Waals surface area contributed by atoms with Gasteiger partial charge in [-0.1, -0.05) is 75.2 Å².